The van der Waals surface area contributed by atoms with Gasteiger partial charge in [-0.05, 0) is 25.0 Å². The zero-order valence-corrected chi connectivity index (χ0v) is 20.5. The Bertz CT molecular complexity index is 1440. The Morgan fingerprint density at radius 1 is 1.13 bits per heavy atom. The second kappa shape index (κ2) is 11.3. The summed E-state index contributed by atoms with van der Waals surface area (Å²) in [6, 6.07) is 6.16. The third-order valence-corrected chi connectivity index (χ3v) is 6.47. The molecule has 0 unspecified atom stereocenters. The zero-order valence-electron chi connectivity index (χ0n) is 19.7. The highest BCUT2D eigenvalue weighted by Crippen LogP contribution is 2.39. The Morgan fingerprint density at radius 3 is 2.51 bits per heavy atom. The molecule has 1 fully saturated rings. The van der Waals surface area contributed by atoms with Gasteiger partial charge in [0.25, 0.3) is 12.0 Å². The minimum Gasteiger partial charge on any atom is -0.373 e. The first kappa shape index (κ1) is 28.6. The van der Waals surface area contributed by atoms with E-state index in [1.54, 1.807) is 6.07 Å². The molecule has 39 heavy (non-hydrogen) atoms. The fourth-order valence-electron chi connectivity index (χ4n) is 4.04. The van der Waals surface area contributed by atoms with Gasteiger partial charge in [-0.3, -0.25) is 9.59 Å². The molecule has 0 saturated heterocycles. The molecular weight excluding hydrogens is 559 g/mol. The first-order chi connectivity index (χ1) is 18.3. The first-order valence-corrected chi connectivity index (χ1v) is 11.8. The number of aromatic amines is 1. The smallest absolute Gasteiger partial charge is 0.373 e. The van der Waals surface area contributed by atoms with Crippen LogP contribution < -0.4 is 10.9 Å². The number of hydrogen-bond acceptors (Lipinski definition) is 4. The normalized spacial score (nSPS) is 17.3. The van der Waals surface area contributed by atoms with Crippen LogP contribution in [0.1, 0.15) is 41.7 Å². The Kier molecular flexibility index (Phi) is 8.31. The number of aromatic nitrogens is 2. The van der Waals surface area contributed by atoms with Crippen molar-refractivity contribution in [3.8, 4) is 11.4 Å². The van der Waals surface area contributed by atoms with Gasteiger partial charge in [0.1, 0.15) is 23.2 Å². The summed E-state index contributed by atoms with van der Waals surface area (Å²) >= 11 is 5.72. The Hall–Kier alpha value is -3.45. The molecule has 0 bridgehead atoms. The highest BCUT2D eigenvalue weighted by Gasteiger charge is 2.38. The maximum atomic E-state index is 15.3. The molecule has 1 aromatic heterocycles. The SMILES string of the molecule is O=c1cc(C(F)F)nc(-c2c(C(F)(F)F)ccc(CNC(=O)[C@H]3C[C@H](OCc4cccc(Cl)c4F)C3)c2F)[nH]1. The van der Waals surface area contributed by atoms with E-state index in [4.69, 9.17) is 16.3 Å². The number of nitrogens with one attached hydrogen (secondary N) is 2. The molecule has 1 saturated carbocycles. The van der Waals surface area contributed by atoms with Crippen LogP contribution in [0.15, 0.2) is 41.2 Å². The third kappa shape index (κ3) is 6.41. The molecule has 0 atom stereocenters. The van der Waals surface area contributed by atoms with Gasteiger partial charge in [0.2, 0.25) is 5.91 Å². The van der Waals surface area contributed by atoms with Crippen molar-refractivity contribution in [1.82, 2.24) is 15.3 Å². The van der Waals surface area contributed by atoms with E-state index in [0.717, 1.165) is 6.07 Å². The van der Waals surface area contributed by atoms with E-state index in [2.05, 4.69) is 10.3 Å². The average Bonchev–Trinajstić information content (AvgIpc) is 2.83. The molecule has 0 spiro atoms. The molecule has 1 aliphatic carbocycles. The molecule has 2 N–H and O–H groups in total. The number of rotatable bonds is 8. The van der Waals surface area contributed by atoms with E-state index in [1.165, 1.54) is 12.1 Å². The number of nitrogens with zero attached hydrogens (tertiary/aromatic N) is 1. The largest absolute Gasteiger partial charge is 0.417 e. The van der Waals surface area contributed by atoms with Gasteiger partial charge >= 0.3 is 6.18 Å². The average molecular weight is 578 g/mol. The number of carbonyl (C=O) groups excluding carboxylic acids is 1. The van der Waals surface area contributed by atoms with Crippen molar-refractivity contribution in [2.45, 2.75) is 44.7 Å². The number of amides is 1. The molecule has 0 aliphatic heterocycles. The molecule has 208 valence electrons. The lowest BCUT2D eigenvalue weighted by atomic mass is 9.81. The van der Waals surface area contributed by atoms with Crippen molar-refractivity contribution in [3.63, 3.8) is 0 Å². The highest BCUT2D eigenvalue weighted by molar-refractivity contribution is 6.30. The predicted octanol–water partition coefficient (Wildman–Crippen LogP) is 5.94. The summed E-state index contributed by atoms with van der Waals surface area (Å²) < 4.78 is 102. The van der Waals surface area contributed by atoms with Crippen molar-refractivity contribution in [2.24, 2.45) is 5.92 Å². The van der Waals surface area contributed by atoms with Crippen LogP contribution in [0.25, 0.3) is 11.4 Å². The second-order valence-corrected chi connectivity index (χ2v) is 9.22. The second-order valence-electron chi connectivity index (χ2n) is 8.81. The highest BCUT2D eigenvalue weighted by atomic mass is 35.5. The van der Waals surface area contributed by atoms with Crippen LogP contribution in [0, 0.1) is 17.6 Å². The molecule has 4 rings (SSSR count). The summed E-state index contributed by atoms with van der Waals surface area (Å²) in [7, 11) is 0. The lowest BCUT2D eigenvalue weighted by Crippen LogP contribution is -2.42. The van der Waals surface area contributed by atoms with Crippen molar-refractivity contribution in [3.05, 3.63) is 85.8 Å². The van der Waals surface area contributed by atoms with Crippen LogP contribution >= 0.6 is 11.6 Å². The van der Waals surface area contributed by atoms with Crippen LogP contribution in [-0.4, -0.2) is 22.0 Å². The summed E-state index contributed by atoms with van der Waals surface area (Å²) in [4.78, 5) is 29.4. The first-order valence-electron chi connectivity index (χ1n) is 11.5. The van der Waals surface area contributed by atoms with Gasteiger partial charge < -0.3 is 15.0 Å². The monoisotopic (exact) mass is 577 g/mol. The number of hydrogen-bond donors (Lipinski definition) is 2. The molecule has 1 aliphatic rings. The summed E-state index contributed by atoms with van der Waals surface area (Å²) in [5, 5.41) is 2.37. The van der Waals surface area contributed by atoms with E-state index in [1.807, 2.05) is 4.98 Å². The maximum absolute atomic E-state index is 15.3. The van der Waals surface area contributed by atoms with E-state index >= 15 is 4.39 Å². The van der Waals surface area contributed by atoms with Crippen LogP contribution in [0.3, 0.4) is 0 Å². The number of alkyl halides is 5. The van der Waals surface area contributed by atoms with E-state index in [-0.39, 0.29) is 41.7 Å². The van der Waals surface area contributed by atoms with E-state index in [9.17, 15) is 35.9 Å². The quantitative estimate of drug-likeness (QED) is 0.325. The van der Waals surface area contributed by atoms with Gasteiger partial charge in [0, 0.05) is 29.7 Å². The number of benzene rings is 2. The molecule has 2 aromatic carbocycles. The van der Waals surface area contributed by atoms with Crippen LogP contribution in [0.5, 0.6) is 0 Å². The van der Waals surface area contributed by atoms with Gasteiger partial charge in [0.15, 0.2) is 0 Å². The number of H-pyrrole nitrogens is 1. The Labute approximate surface area is 221 Å². The summed E-state index contributed by atoms with van der Waals surface area (Å²) in [5.74, 6) is -4.16. The van der Waals surface area contributed by atoms with E-state index < -0.39 is 70.8 Å². The lowest BCUT2D eigenvalue weighted by molar-refractivity contribution is -0.137. The van der Waals surface area contributed by atoms with Gasteiger partial charge in [-0.2, -0.15) is 13.2 Å². The number of halogens is 8. The van der Waals surface area contributed by atoms with Crippen LogP contribution in [-0.2, 0) is 28.9 Å². The third-order valence-electron chi connectivity index (χ3n) is 6.17. The van der Waals surface area contributed by atoms with Gasteiger partial charge in [-0.25, -0.2) is 22.5 Å². The Morgan fingerprint density at radius 2 is 1.85 bits per heavy atom. The minimum absolute atomic E-state index is 0.0514. The number of carbonyl (C=O) groups is 1. The molecule has 6 nitrogen and oxygen atoms in total. The van der Waals surface area contributed by atoms with Gasteiger partial charge in [0.05, 0.1) is 28.9 Å². The predicted molar refractivity (Wildman–Crippen MR) is 125 cm³/mol. The molecule has 14 heteroatoms. The number of ether oxygens (including phenoxy) is 1. The molecule has 1 heterocycles. The van der Waals surface area contributed by atoms with E-state index in [0.29, 0.717) is 12.1 Å². The van der Waals surface area contributed by atoms with Crippen molar-refractivity contribution >= 4 is 17.5 Å². The maximum Gasteiger partial charge on any atom is 0.417 e. The summed E-state index contributed by atoms with van der Waals surface area (Å²) in [5.41, 5.74) is -5.22. The lowest BCUT2D eigenvalue weighted by Gasteiger charge is -2.34. The van der Waals surface area contributed by atoms with Crippen LogP contribution in [0.4, 0.5) is 30.7 Å². The van der Waals surface area contributed by atoms with Crippen molar-refractivity contribution in [2.75, 3.05) is 0 Å². The molecule has 1 amide bonds. The van der Waals surface area contributed by atoms with Gasteiger partial charge in [-0.15, -0.1) is 0 Å². The Balaban J connectivity index is 1.44. The summed E-state index contributed by atoms with van der Waals surface area (Å²) in [6.45, 7) is -0.585. The molecule has 3 aromatic rings. The summed E-state index contributed by atoms with van der Waals surface area (Å²) in [6.07, 6.45) is -8.18. The fourth-order valence-corrected chi connectivity index (χ4v) is 4.23. The zero-order chi connectivity index (χ0) is 28.5. The van der Waals surface area contributed by atoms with Crippen molar-refractivity contribution in [1.29, 1.82) is 0 Å². The van der Waals surface area contributed by atoms with Gasteiger partial charge in [-0.1, -0.05) is 29.8 Å². The minimum atomic E-state index is -5.10. The molecule has 0 radical (unpaired) electrons. The fraction of sp³-hybridized carbons (Fsp3) is 0.320. The van der Waals surface area contributed by atoms with Crippen molar-refractivity contribution < 1.29 is 40.3 Å². The molecular formula is C25H19ClF7N3O3. The standard InChI is InChI=1S/C25H19ClF7N3O3/c26-16-3-1-2-12(20(16)27)10-39-14-6-13(7-14)24(38)34-9-11-4-5-15(25(31,32)33)19(21(11)28)23-35-17(22(29)30)8-18(37)36-23/h1-5,8,13-14,22H,6-7,9-10H2,(H,34,38)(H,35,36,37)/t13-,14-. The topological polar surface area (TPSA) is 84.1 Å². The van der Waals surface area contributed by atoms with Crippen LogP contribution in [0.2, 0.25) is 5.02 Å².